The zero-order valence-corrected chi connectivity index (χ0v) is 15.7. The lowest BCUT2D eigenvalue weighted by Gasteiger charge is -2.22. The van der Waals surface area contributed by atoms with Crippen LogP contribution < -0.4 is 10.1 Å². The molecule has 0 saturated heterocycles. The molecule has 0 bridgehead atoms. The zero-order valence-electron chi connectivity index (χ0n) is 15.7. The molecule has 142 valence electrons. The first-order valence-electron chi connectivity index (χ1n) is 8.63. The number of benzene rings is 1. The van der Waals surface area contributed by atoms with Gasteiger partial charge in [-0.2, -0.15) is 0 Å². The predicted molar refractivity (Wildman–Crippen MR) is 96.8 cm³/mol. The van der Waals surface area contributed by atoms with Gasteiger partial charge in [-0.1, -0.05) is 6.07 Å². The third-order valence-electron chi connectivity index (χ3n) is 3.62. The predicted octanol–water partition coefficient (Wildman–Crippen LogP) is 2.21. The van der Waals surface area contributed by atoms with Gasteiger partial charge in [0, 0.05) is 24.7 Å². The summed E-state index contributed by atoms with van der Waals surface area (Å²) in [6.45, 7) is 4.96. The first kappa shape index (κ1) is 19.8. The molecule has 1 aliphatic carbocycles. The van der Waals surface area contributed by atoms with E-state index < -0.39 is 11.6 Å². The number of amides is 2. The minimum atomic E-state index is -0.594. The Morgan fingerprint density at radius 2 is 1.92 bits per heavy atom. The van der Waals surface area contributed by atoms with Crippen molar-refractivity contribution in [2.75, 3.05) is 25.5 Å². The Labute approximate surface area is 153 Å². The molecule has 2 amide bonds. The number of ether oxygens (including phenoxy) is 2. The van der Waals surface area contributed by atoms with E-state index in [0.29, 0.717) is 11.4 Å². The molecule has 1 aromatic rings. The fourth-order valence-electron chi connectivity index (χ4n) is 2.16. The Balaban J connectivity index is 1.80. The second-order valence-electron chi connectivity index (χ2n) is 7.42. The molecular weight excluding hydrogens is 336 g/mol. The highest BCUT2D eigenvalue weighted by atomic mass is 16.6. The Morgan fingerprint density at radius 1 is 1.23 bits per heavy atom. The number of carbonyl (C=O) groups is 3. The fraction of sp³-hybridized carbons (Fsp3) is 0.526. The highest BCUT2D eigenvalue weighted by Crippen LogP contribution is 2.30. The van der Waals surface area contributed by atoms with Gasteiger partial charge in [-0.3, -0.25) is 14.4 Å². The number of rotatable bonds is 7. The van der Waals surface area contributed by atoms with Crippen molar-refractivity contribution in [3.63, 3.8) is 0 Å². The molecule has 1 aromatic carbocycles. The van der Waals surface area contributed by atoms with Crippen LogP contribution in [0.15, 0.2) is 24.3 Å². The number of esters is 1. The van der Waals surface area contributed by atoms with Crippen molar-refractivity contribution < 1.29 is 23.9 Å². The summed E-state index contributed by atoms with van der Waals surface area (Å²) in [5.41, 5.74) is 0.0389. The second-order valence-corrected chi connectivity index (χ2v) is 7.42. The third kappa shape index (κ3) is 6.74. The molecule has 1 N–H and O–H groups in total. The summed E-state index contributed by atoms with van der Waals surface area (Å²) in [6, 6.07) is 6.88. The molecular formula is C19H26N2O5. The van der Waals surface area contributed by atoms with Crippen molar-refractivity contribution in [3.05, 3.63) is 24.3 Å². The molecule has 0 aliphatic heterocycles. The van der Waals surface area contributed by atoms with Crippen LogP contribution in [0.1, 0.15) is 33.6 Å². The number of hydrogen-bond acceptors (Lipinski definition) is 5. The summed E-state index contributed by atoms with van der Waals surface area (Å²) in [4.78, 5) is 36.9. The Morgan fingerprint density at radius 3 is 2.54 bits per heavy atom. The van der Waals surface area contributed by atoms with Crippen molar-refractivity contribution in [1.29, 1.82) is 0 Å². The lowest BCUT2D eigenvalue weighted by Crippen LogP contribution is -2.38. The van der Waals surface area contributed by atoms with Crippen LogP contribution in [-0.4, -0.2) is 48.5 Å². The van der Waals surface area contributed by atoms with Gasteiger partial charge in [0.05, 0.1) is 0 Å². The van der Waals surface area contributed by atoms with Crippen LogP contribution in [0.5, 0.6) is 5.75 Å². The average molecular weight is 362 g/mol. The number of likely N-dealkylation sites (N-methyl/N-ethyl adjacent to an activating group) is 1. The first-order chi connectivity index (χ1) is 12.1. The van der Waals surface area contributed by atoms with Crippen molar-refractivity contribution in [2.24, 2.45) is 5.92 Å². The van der Waals surface area contributed by atoms with Crippen molar-refractivity contribution >= 4 is 23.5 Å². The lowest BCUT2D eigenvalue weighted by molar-refractivity contribution is -0.158. The molecule has 7 heteroatoms. The van der Waals surface area contributed by atoms with E-state index >= 15 is 0 Å². The molecule has 1 aliphatic rings. The normalized spacial score (nSPS) is 13.7. The molecule has 0 heterocycles. The van der Waals surface area contributed by atoms with Crippen molar-refractivity contribution in [1.82, 2.24) is 4.90 Å². The summed E-state index contributed by atoms with van der Waals surface area (Å²) in [5, 5.41) is 2.83. The molecule has 1 fully saturated rings. The number of carbonyl (C=O) groups excluding carboxylic acids is 3. The van der Waals surface area contributed by atoms with E-state index in [2.05, 4.69) is 5.32 Å². The summed E-state index contributed by atoms with van der Waals surface area (Å²) in [6.07, 6.45) is 1.86. The first-order valence-corrected chi connectivity index (χ1v) is 8.63. The molecule has 2 rings (SSSR count). The van der Waals surface area contributed by atoms with Gasteiger partial charge in [-0.05, 0) is 45.7 Å². The van der Waals surface area contributed by atoms with Crippen LogP contribution in [0.25, 0.3) is 0 Å². The zero-order chi connectivity index (χ0) is 19.3. The fourth-order valence-corrected chi connectivity index (χ4v) is 2.16. The van der Waals surface area contributed by atoms with Gasteiger partial charge in [0.1, 0.15) is 17.9 Å². The van der Waals surface area contributed by atoms with E-state index in [1.165, 1.54) is 11.9 Å². The van der Waals surface area contributed by atoms with E-state index in [0.717, 1.165) is 12.8 Å². The molecule has 0 aromatic heterocycles. The van der Waals surface area contributed by atoms with Crippen LogP contribution in [0.3, 0.4) is 0 Å². The number of hydrogen-bond donors (Lipinski definition) is 1. The number of nitrogens with one attached hydrogen (secondary N) is 1. The van der Waals surface area contributed by atoms with E-state index in [-0.39, 0.29) is 30.9 Å². The maximum absolute atomic E-state index is 12.1. The summed E-state index contributed by atoms with van der Waals surface area (Å²) in [5.74, 6) is -0.225. The van der Waals surface area contributed by atoms with E-state index in [1.54, 1.807) is 45.0 Å². The Hall–Kier alpha value is -2.57. The van der Waals surface area contributed by atoms with E-state index in [9.17, 15) is 14.4 Å². The van der Waals surface area contributed by atoms with Crippen LogP contribution in [-0.2, 0) is 19.1 Å². The SMILES string of the molecule is CN(CC(=O)OC(C)(C)C)C(=O)COc1cccc(NC(=O)C2CC2)c1. The van der Waals surface area contributed by atoms with Crippen molar-refractivity contribution in [2.45, 2.75) is 39.2 Å². The van der Waals surface area contributed by atoms with Gasteiger partial charge < -0.3 is 19.7 Å². The average Bonchev–Trinajstić information content (AvgIpc) is 3.35. The third-order valence-corrected chi connectivity index (χ3v) is 3.62. The van der Waals surface area contributed by atoms with Crippen LogP contribution in [0, 0.1) is 5.92 Å². The van der Waals surface area contributed by atoms with Gasteiger partial charge in [-0.25, -0.2) is 0 Å². The largest absolute Gasteiger partial charge is 0.484 e. The van der Waals surface area contributed by atoms with Gasteiger partial charge in [0.15, 0.2) is 6.61 Å². The van der Waals surface area contributed by atoms with Crippen LogP contribution >= 0.6 is 0 Å². The van der Waals surface area contributed by atoms with Gasteiger partial charge in [0.25, 0.3) is 5.91 Å². The van der Waals surface area contributed by atoms with Crippen LogP contribution in [0.4, 0.5) is 5.69 Å². The maximum Gasteiger partial charge on any atom is 0.326 e. The van der Waals surface area contributed by atoms with Gasteiger partial charge >= 0.3 is 5.97 Å². The maximum atomic E-state index is 12.1. The molecule has 0 atom stereocenters. The Kier molecular flexibility index (Phi) is 6.23. The van der Waals surface area contributed by atoms with Gasteiger partial charge in [0.2, 0.25) is 5.91 Å². The molecule has 0 spiro atoms. The standard InChI is InChI=1S/C19H26N2O5/c1-19(2,3)26-17(23)11-21(4)16(22)12-25-15-7-5-6-14(10-15)20-18(24)13-8-9-13/h5-7,10,13H,8-9,11-12H2,1-4H3,(H,20,24). The topological polar surface area (TPSA) is 84.9 Å². The Bertz CT molecular complexity index is 677. The quantitative estimate of drug-likeness (QED) is 0.752. The molecule has 0 radical (unpaired) electrons. The summed E-state index contributed by atoms with van der Waals surface area (Å²) >= 11 is 0. The molecule has 7 nitrogen and oxygen atoms in total. The van der Waals surface area contributed by atoms with Crippen molar-refractivity contribution in [3.8, 4) is 5.75 Å². The summed E-state index contributed by atoms with van der Waals surface area (Å²) < 4.78 is 10.7. The minimum absolute atomic E-state index is 0.00956. The smallest absolute Gasteiger partial charge is 0.326 e. The molecule has 0 unspecified atom stereocenters. The minimum Gasteiger partial charge on any atom is -0.484 e. The number of nitrogens with zero attached hydrogens (tertiary/aromatic N) is 1. The van der Waals surface area contributed by atoms with Gasteiger partial charge in [-0.15, -0.1) is 0 Å². The molecule has 1 saturated carbocycles. The number of anilines is 1. The van der Waals surface area contributed by atoms with Crippen LogP contribution in [0.2, 0.25) is 0 Å². The molecule has 26 heavy (non-hydrogen) atoms. The summed E-state index contributed by atoms with van der Waals surface area (Å²) in [7, 11) is 1.52. The van der Waals surface area contributed by atoms with E-state index in [1.807, 2.05) is 0 Å². The monoisotopic (exact) mass is 362 g/mol. The second kappa shape index (κ2) is 8.21. The highest BCUT2D eigenvalue weighted by Gasteiger charge is 2.29. The van der Waals surface area contributed by atoms with E-state index in [4.69, 9.17) is 9.47 Å². The highest BCUT2D eigenvalue weighted by molar-refractivity contribution is 5.94. The lowest BCUT2D eigenvalue weighted by atomic mass is 10.2.